The van der Waals surface area contributed by atoms with Crippen molar-refractivity contribution in [1.82, 2.24) is 4.90 Å². The van der Waals surface area contributed by atoms with Crippen LogP contribution in [0.4, 0.5) is 5.69 Å². The van der Waals surface area contributed by atoms with Gasteiger partial charge in [-0.3, -0.25) is 19.3 Å². The van der Waals surface area contributed by atoms with Gasteiger partial charge in [0.05, 0.1) is 17.5 Å². The first-order valence-corrected chi connectivity index (χ1v) is 10.1. The van der Waals surface area contributed by atoms with Gasteiger partial charge in [-0.2, -0.15) is 0 Å². The van der Waals surface area contributed by atoms with Crippen LogP contribution in [0.25, 0.3) is 0 Å². The van der Waals surface area contributed by atoms with Crippen molar-refractivity contribution in [2.45, 2.75) is 32.1 Å². The number of hydrogen-bond acceptors (Lipinski definition) is 3. The fraction of sp³-hybridized carbons (Fsp3) is 0.500. The summed E-state index contributed by atoms with van der Waals surface area (Å²) in [6.45, 7) is 1.62. The largest absolute Gasteiger partial charge is 0.339 e. The van der Waals surface area contributed by atoms with E-state index in [0.29, 0.717) is 11.3 Å². The lowest BCUT2D eigenvalue weighted by atomic mass is 9.85. The maximum Gasteiger partial charge on any atom is 0.253 e. The highest BCUT2D eigenvalue weighted by Gasteiger charge is 2.59. The zero-order valence-corrected chi connectivity index (χ0v) is 15.3. The molecule has 0 spiro atoms. The lowest BCUT2D eigenvalue weighted by Gasteiger charge is -2.21. The molecule has 1 aromatic carbocycles. The van der Waals surface area contributed by atoms with E-state index in [1.807, 2.05) is 4.90 Å². The van der Waals surface area contributed by atoms with Crippen molar-refractivity contribution in [2.24, 2.45) is 23.7 Å². The van der Waals surface area contributed by atoms with Gasteiger partial charge in [0.15, 0.2) is 0 Å². The van der Waals surface area contributed by atoms with Gasteiger partial charge in [0.2, 0.25) is 11.8 Å². The van der Waals surface area contributed by atoms with Crippen LogP contribution in [0, 0.1) is 23.7 Å². The Morgan fingerprint density at radius 1 is 0.815 bits per heavy atom. The number of anilines is 1. The third-order valence-electron chi connectivity index (χ3n) is 6.74. The molecule has 1 saturated carbocycles. The molecule has 5 rings (SSSR count). The number of fused-ring (bicyclic) bond motifs is 5. The molecule has 2 aliphatic heterocycles. The first-order chi connectivity index (χ1) is 13.1. The summed E-state index contributed by atoms with van der Waals surface area (Å²) in [4.78, 5) is 41.8. The van der Waals surface area contributed by atoms with Gasteiger partial charge in [0, 0.05) is 18.7 Å². The Morgan fingerprint density at radius 3 is 1.93 bits per heavy atom. The van der Waals surface area contributed by atoms with Crippen molar-refractivity contribution < 1.29 is 14.4 Å². The molecule has 0 N–H and O–H groups in total. The van der Waals surface area contributed by atoms with Gasteiger partial charge in [0.25, 0.3) is 5.91 Å². The lowest BCUT2D eigenvalue weighted by molar-refractivity contribution is -0.123. The number of benzene rings is 1. The summed E-state index contributed by atoms with van der Waals surface area (Å²) in [7, 11) is 0. The summed E-state index contributed by atoms with van der Waals surface area (Å²) in [5, 5.41) is 0. The smallest absolute Gasteiger partial charge is 0.253 e. The fourth-order valence-corrected chi connectivity index (χ4v) is 5.37. The number of carbonyl (C=O) groups is 3. The first kappa shape index (κ1) is 16.7. The van der Waals surface area contributed by atoms with Crippen LogP contribution in [0.15, 0.2) is 36.4 Å². The van der Waals surface area contributed by atoms with E-state index in [0.717, 1.165) is 32.4 Å². The Kier molecular flexibility index (Phi) is 3.92. The number of rotatable bonds is 2. The van der Waals surface area contributed by atoms with Crippen molar-refractivity contribution in [2.75, 3.05) is 18.0 Å². The summed E-state index contributed by atoms with van der Waals surface area (Å²) in [6.07, 6.45) is 9.61. The molecular formula is C22H24N2O3. The van der Waals surface area contributed by atoms with E-state index < -0.39 is 0 Å². The average Bonchev–Trinajstić information content (AvgIpc) is 3.28. The SMILES string of the molecule is O=C(c1ccc(N2C(=O)[C@@H]3[C@H](C2=O)[C@@H]2C=C[C@H]3C2)cc1)N1CCCCCC1. The summed E-state index contributed by atoms with van der Waals surface area (Å²) in [6, 6.07) is 7.00. The summed E-state index contributed by atoms with van der Waals surface area (Å²) >= 11 is 0. The maximum absolute atomic E-state index is 12.9. The minimum absolute atomic E-state index is 0.0432. The predicted molar refractivity (Wildman–Crippen MR) is 101 cm³/mol. The third kappa shape index (κ3) is 2.55. The molecule has 3 amide bonds. The minimum atomic E-state index is -0.189. The summed E-state index contributed by atoms with van der Waals surface area (Å²) < 4.78 is 0. The van der Waals surface area contributed by atoms with Gasteiger partial charge in [-0.1, -0.05) is 25.0 Å². The molecule has 2 heterocycles. The van der Waals surface area contributed by atoms with Crippen molar-refractivity contribution in [3.05, 3.63) is 42.0 Å². The van der Waals surface area contributed by atoms with E-state index in [1.54, 1.807) is 24.3 Å². The van der Waals surface area contributed by atoms with Gasteiger partial charge in [-0.25, -0.2) is 0 Å². The first-order valence-electron chi connectivity index (χ1n) is 10.1. The van der Waals surface area contributed by atoms with Crippen LogP contribution >= 0.6 is 0 Å². The number of likely N-dealkylation sites (tertiary alicyclic amines) is 1. The second-order valence-corrected chi connectivity index (χ2v) is 8.27. The normalized spacial score (nSPS) is 32.1. The Bertz CT molecular complexity index is 790. The molecule has 1 aromatic rings. The second kappa shape index (κ2) is 6.32. The molecule has 2 bridgehead atoms. The number of carbonyl (C=O) groups excluding carboxylic acids is 3. The molecule has 0 radical (unpaired) electrons. The standard InChI is InChI=1S/C22H24N2O3/c25-20(23-11-3-1-2-4-12-23)14-7-9-17(10-8-14)24-21(26)18-15-5-6-16(13-15)19(18)22(24)27/h5-10,15-16,18-19H,1-4,11-13H2/t15-,16+,18-,19+. The number of amides is 3. The quantitative estimate of drug-likeness (QED) is 0.599. The molecule has 2 saturated heterocycles. The Hall–Kier alpha value is -2.43. The van der Waals surface area contributed by atoms with Crippen LogP contribution in [-0.2, 0) is 9.59 Å². The van der Waals surface area contributed by atoms with Crippen LogP contribution in [-0.4, -0.2) is 35.7 Å². The van der Waals surface area contributed by atoms with Crippen LogP contribution in [0.2, 0.25) is 0 Å². The highest BCUT2D eigenvalue weighted by atomic mass is 16.2. The average molecular weight is 364 g/mol. The van der Waals surface area contributed by atoms with E-state index in [1.165, 1.54) is 17.7 Å². The third-order valence-corrected chi connectivity index (χ3v) is 6.74. The van der Waals surface area contributed by atoms with Crippen LogP contribution in [0.1, 0.15) is 42.5 Å². The predicted octanol–water partition coefficient (Wildman–Crippen LogP) is 3.01. The number of nitrogens with zero attached hydrogens (tertiary/aromatic N) is 2. The topological polar surface area (TPSA) is 57.7 Å². The van der Waals surface area contributed by atoms with Gasteiger partial charge in [-0.05, 0) is 55.4 Å². The van der Waals surface area contributed by atoms with Crippen molar-refractivity contribution >= 4 is 23.4 Å². The fourth-order valence-electron chi connectivity index (χ4n) is 5.37. The maximum atomic E-state index is 12.9. The van der Waals surface area contributed by atoms with Crippen molar-refractivity contribution in [1.29, 1.82) is 0 Å². The zero-order chi connectivity index (χ0) is 18.5. The highest BCUT2D eigenvalue weighted by Crippen LogP contribution is 2.53. The van der Waals surface area contributed by atoms with E-state index in [-0.39, 0.29) is 41.4 Å². The van der Waals surface area contributed by atoms with Crippen molar-refractivity contribution in [3.8, 4) is 0 Å². The van der Waals surface area contributed by atoms with Crippen LogP contribution < -0.4 is 4.90 Å². The Balaban J connectivity index is 1.36. The van der Waals surface area contributed by atoms with Gasteiger partial charge < -0.3 is 4.90 Å². The molecule has 27 heavy (non-hydrogen) atoms. The molecular weight excluding hydrogens is 340 g/mol. The molecule has 0 aromatic heterocycles. The van der Waals surface area contributed by atoms with E-state index in [2.05, 4.69) is 12.2 Å². The molecule has 3 fully saturated rings. The summed E-state index contributed by atoms with van der Waals surface area (Å²) in [5.41, 5.74) is 1.22. The molecule has 5 heteroatoms. The Morgan fingerprint density at radius 2 is 1.37 bits per heavy atom. The Labute approximate surface area is 159 Å². The molecule has 4 aliphatic rings. The summed E-state index contributed by atoms with van der Waals surface area (Å²) in [5.74, 6) is -0.0592. The number of imide groups is 1. The molecule has 5 nitrogen and oxygen atoms in total. The van der Waals surface area contributed by atoms with Gasteiger partial charge in [0.1, 0.15) is 0 Å². The lowest BCUT2D eigenvalue weighted by Crippen LogP contribution is -2.33. The van der Waals surface area contributed by atoms with Gasteiger partial charge in [-0.15, -0.1) is 0 Å². The van der Waals surface area contributed by atoms with E-state index in [4.69, 9.17) is 0 Å². The molecule has 4 atom stereocenters. The zero-order valence-electron chi connectivity index (χ0n) is 15.3. The molecule has 140 valence electrons. The molecule has 2 aliphatic carbocycles. The van der Waals surface area contributed by atoms with E-state index >= 15 is 0 Å². The van der Waals surface area contributed by atoms with Crippen LogP contribution in [0.3, 0.4) is 0 Å². The number of hydrogen-bond donors (Lipinski definition) is 0. The van der Waals surface area contributed by atoms with Crippen molar-refractivity contribution in [3.63, 3.8) is 0 Å². The highest BCUT2D eigenvalue weighted by molar-refractivity contribution is 6.22. The monoisotopic (exact) mass is 364 g/mol. The van der Waals surface area contributed by atoms with Crippen LogP contribution in [0.5, 0.6) is 0 Å². The van der Waals surface area contributed by atoms with Gasteiger partial charge >= 0.3 is 0 Å². The minimum Gasteiger partial charge on any atom is -0.339 e. The number of allylic oxidation sites excluding steroid dienone is 2. The molecule has 0 unspecified atom stereocenters. The van der Waals surface area contributed by atoms with E-state index in [9.17, 15) is 14.4 Å². The second-order valence-electron chi connectivity index (χ2n) is 8.27.